The molecule has 0 bridgehead atoms. The Morgan fingerprint density at radius 1 is 1.21 bits per heavy atom. The Kier molecular flexibility index (Phi) is 7.34. The zero-order valence-corrected chi connectivity index (χ0v) is 15.0. The summed E-state index contributed by atoms with van der Waals surface area (Å²) in [7, 11) is 3.73. The molecule has 0 aliphatic carbocycles. The Hall–Kier alpha value is -1.79. The molecule has 1 fully saturated rings. The number of nitrogens with one attached hydrogen (secondary N) is 1. The first-order chi connectivity index (χ1) is 11.6. The lowest BCUT2D eigenvalue weighted by Crippen LogP contribution is -2.45. The van der Waals surface area contributed by atoms with Crippen LogP contribution in [0.2, 0.25) is 0 Å². The van der Waals surface area contributed by atoms with Gasteiger partial charge in [-0.05, 0) is 45.1 Å². The number of piperazine rings is 1. The van der Waals surface area contributed by atoms with Crippen LogP contribution in [0.4, 0.5) is 0 Å². The van der Waals surface area contributed by atoms with Gasteiger partial charge in [0.05, 0.1) is 13.7 Å². The van der Waals surface area contributed by atoms with Crippen molar-refractivity contribution in [1.82, 2.24) is 15.1 Å². The largest absolute Gasteiger partial charge is 0.493 e. The highest BCUT2D eigenvalue weighted by molar-refractivity contribution is 5.94. The maximum atomic E-state index is 12.2. The number of methoxy groups -OCH3 is 1. The van der Waals surface area contributed by atoms with Gasteiger partial charge in [0.2, 0.25) is 0 Å². The smallest absolute Gasteiger partial charge is 0.251 e. The standard InChI is InChI=1S/C18H29N3O3/c1-4-24-16-7-6-15(14-17(16)23-3)18(22)19-8-5-9-21-12-10-20(2)11-13-21/h6-7,14H,4-5,8-13H2,1-3H3,(H,19,22). The van der Waals surface area contributed by atoms with Gasteiger partial charge < -0.3 is 24.6 Å². The molecule has 1 N–H and O–H groups in total. The van der Waals surface area contributed by atoms with E-state index in [2.05, 4.69) is 22.2 Å². The molecule has 134 valence electrons. The fraction of sp³-hybridized carbons (Fsp3) is 0.611. The number of hydrogen-bond acceptors (Lipinski definition) is 5. The highest BCUT2D eigenvalue weighted by Crippen LogP contribution is 2.27. The van der Waals surface area contributed by atoms with Crippen molar-refractivity contribution in [3.8, 4) is 11.5 Å². The second kappa shape index (κ2) is 9.49. The van der Waals surface area contributed by atoms with Gasteiger partial charge in [-0.1, -0.05) is 0 Å². The summed E-state index contributed by atoms with van der Waals surface area (Å²) in [5, 5.41) is 2.98. The van der Waals surface area contributed by atoms with Gasteiger partial charge in [0.15, 0.2) is 11.5 Å². The van der Waals surface area contributed by atoms with Gasteiger partial charge in [-0.3, -0.25) is 4.79 Å². The third-order valence-corrected chi connectivity index (χ3v) is 4.26. The zero-order chi connectivity index (χ0) is 17.4. The maximum Gasteiger partial charge on any atom is 0.251 e. The summed E-state index contributed by atoms with van der Waals surface area (Å²) >= 11 is 0. The summed E-state index contributed by atoms with van der Waals surface area (Å²) in [4.78, 5) is 17.0. The molecule has 2 rings (SSSR count). The highest BCUT2D eigenvalue weighted by atomic mass is 16.5. The lowest BCUT2D eigenvalue weighted by molar-refractivity contribution is 0.0949. The Morgan fingerprint density at radius 3 is 2.62 bits per heavy atom. The van der Waals surface area contributed by atoms with E-state index >= 15 is 0 Å². The molecule has 6 nitrogen and oxygen atoms in total. The van der Waals surface area contributed by atoms with E-state index in [4.69, 9.17) is 9.47 Å². The molecule has 1 saturated heterocycles. The van der Waals surface area contributed by atoms with Crippen LogP contribution in [-0.2, 0) is 0 Å². The van der Waals surface area contributed by atoms with Crippen molar-refractivity contribution in [2.24, 2.45) is 0 Å². The molecule has 0 saturated carbocycles. The summed E-state index contributed by atoms with van der Waals surface area (Å²) in [6.07, 6.45) is 0.962. The minimum atomic E-state index is -0.0743. The van der Waals surface area contributed by atoms with Gasteiger partial charge in [-0.2, -0.15) is 0 Å². The normalized spacial score (nSPS) is 16.0. The number of rotatable bonds is 8. The third kappa shape index (κ3) is 5.39. The minimum Gasteiger partial charge on any atom is -0.493 e. The van der Waals surface area contributed by atoms with Crippen LogP contribution in [0.25, 0.3) is 0 Å². The van der Waals surface area contributed by atoms with Crippen molar-refractivity contribution in [3.05, 3.63) is 23.8 Å². The van der Waals surface area contributed by atoms with Crippen molar-refractivity contribution in [2.75, 3.05) is 60.0 Å². The first kappa shape index (κ1) is 18.5. The van der Waals surface area contributed by atoms with E-state index < -0.39 is 0 Å². The van der Waals surface area contributed by atoms with Crippen LogP contribution in [0.1, 0.15) is 23.7 Å². The average Bonchev–Trinajstić information content (AvgIpc) is 2.60. The number of carbonyl (C=O) groups is 1. The Labute approximate surface area is 144 Å². The molecule has 1 aromatic rings. The van der Waals surface area contributed by atoms with Crippen LogP contribution in [0, 0.1) is 0 Å². The second-order valence-electron chi connectivity index (χ2n) is 6.05. The van der Waals surface area contributed by atoms with Gasteiger partial charge in [-0.15, -0.1) is 0 Å². The van der Waals surface area contributed by atoms with Crippen molar-refractivity contribution < 1.29 is 14.3 Å². The number of hydrogen-bond donors (Lipinski definition) is 1. The predicted octanol–water partition coefficient (Wildman–Crippen LogP) is 1.46. The quantitative estimate of drug-likeness (QED) is 0.729. The zero-order valence-electron chi connectivity index (χ0n) is 15.0. The van der Waals surface area contributed by atoms with Gasteiger partial charge in [-0.25, -0.2) is 0 Å². The van der Waals surface area contributed by atoms with Crippen molar-refractivity contribution in [2.45, 2.75) is 13.3 Å². The summed E-state index contributed by atoms with van der Waals surface area (Å²) in [6.45, 7) is 8.66. The molecule has 1 amide bonds. The predicted molar refractivity (Wildman–Crippen MR) is 95.1 cm³/mol. The van der Waals surface area contributed by atoms with Crippen molar-refractivity contribution >= 4 is 5.91 Å². The SMILES string of the molecule is CCOc1ccc(C(=O)NCCCN2CCN(C)CC2)cc1OC. The molecule has 6 heteroatoms. The Bertz CT molecular complexity index is 528. The van der Waals surface area contributed by atoms with Crippen molar-refractivity contribution in [3.63, 3.8) is 0 Å². The lowest BCUT2D eigenvalue weighted by atomic mass is 10.2. The molecule has 1 aliphatic rings. The summed E-state index contributed by atoms with van der Waals surface area (Å²) in [6, 6.07) is 5.27. The molecule has 1 heterocycles. The fourth-order valence-electron chi connectivity index (χ4n) is 2.76. The molecule has 0 aromatic heterocycles. The van der Waals surface area contributed by atoms with Crippen LogP contribution >= 0.6 is 0 Å². The molecular formula is C18H29N3O3. The van der Waals surface area contributed by atoms with Gasteiger partial charge in [0.1, 0.15) is 0 Å². The highest BCUT2D eigenvalue weighted by Gasteiger charge is 2.14. The van der Waals surface area contributed by atoms with Gasteiger partial charge in [0.25, 0.3) is 5.91 Å². The molecule has 1 aliphatic heterocycles. The topological polar surface area (TPSA) is 54.0 Å². The van der Waals surface area contributed by atoms with E-state index in [1.807, 2.05) is 6.92 Å². The van der Waals surface area contributed by atoms with Crippen molar-refractivity contribution in [1.29, 1.82) is 0 Å². The number of carbonyl (C=O) groups excluding carboxylic acids is 1. The summed E-state index contributed by atoms with van der Waals surface area (Å²) in [5.74, 6) is 1.17. The maximum absolute atomic E-state index is 12.2. The number of ether oxygens (including phenoxy) is 2. The number of benzene rings is 1. The molecule has 24 heavy (non-hydrogen) atoms. The van der Waals surface area contributed by atoms with Crippen LogP contribution in [0.5, 0.6) is 11.5 Å². The third-order valence-electron chi connectivity index (χ3n) is 4.26. The van der Waals surface area contributed by atoms with E-state index in [9.17, 15) is 4.79 Å². The van der Waals surface area contributed by atoms with E-state index in [1.54, 1.807) is 25.3 Å². The Balaban J connectivity index is 1.76. The number of likely N-dealkylation sites (N-methyl/N-ethyl adjacent to an activating group) is 1. The first-order valence-electron chi connectivity index (χ1n) is 8.64. The number of amides is 1. The van der Waals surface area contributed by atoms with E-state index in [1.165, 1.54) is 0 Å². The van der Waals surface area contributed by atoms with Gasteiger partial charge >= 0.3 is 0 Å². The molecule has 1 aromatic carbocycles. The first-order valence-corrected chi connectivity index (χ1v) is 8.64. The van der Waals surface area contributed by atoms with E-state index in [0.29, 0.717) is 30.2 Å². The monoisotopic (exact) mass is 335 g/mol. The fourth-order valence-corrected chi connectivity index (χ4v) is 2.76. The molecule has 0 atom stereocenters. The van der Waals surface area contributed by atoms with E-state index in [-0.39, 0.29) is 5.91 Å². The van der Waals surface area contributed by atoms with Crippen LogP contribution in [-0.4, -0.2) is 75.7 Å². The van der Waals surface area contributed by atoms with Gasteiger partial charge in [0, 0.05) is 38.3 Å². The molecule has 0 radical (unpaired) electrons. The summed E-state index contributed by atoms with van der Waals surface area (Å²) < 4.78 is 10.8. The molecule has 0 unspecified atom stereocenters. The molecule has 0 spiro atoms. The lowest BCUT2D eigenvalue weighted by Gasteiger charge is -2.32. The summed E-state index contributed by atoms with van der Waals surface area (Å²) in [5.41, 5.74) is 0.593. The minimum absolute atomic E-state index is 0.0743. The van der Waals surface area contributed by atoms with Crippen LogP contribution < -0.4 is 14.8 Å². The van der Waals surface area contributed by atoms with Crippen LogP contribution in [0.15, 0.2) is 18.2 Å². The van der Waals surface area contributed by atoms with E-state index in [0.717, 1.165) is 39.1 Å². The second-order valence-corrected chi connectivity index (χ2v) is 6.05. The van der Waals surface area contributed by atoms with Crippen LogP contribution in [0.3, 0.4) is 0 Å². The molecular weight excluding hydrogens is 306 g/mol. The Morgan fingerprint density at radius 2 is 1.96 bits per heavy atom. The average molecular weight is 335 g/mol. The number of nitrogens with zero attached hydrogens (tertiary/aromatic N) is 2.